The Balaban J connectivity index is 2.02. The van der Waals surface area contributed by atoms with E-state index in [4.69, 9.17) is 11.6 Å². The van der Waals surface area contributed by atoms with Gasteiger partial charge >= 0.3 is 0 Å². The van der Waals surface area contributed by atoms with Crippen LogP contribution in [0.4, 0.5) is 5.69 Å². The lowest BCUT2D eigenvalue weighted by atomic mass is 10.1. The zero-order valence-electron chi connectivity index (χ0n) is 10.9. The van der Waals surface area contributed by atoms with E-state index in [1.54, 1.807) is 37.3 Å². The van der Waals surface area contributed by atoms with Crippen molar-refractivity contribution in [2.45, 2.75) is 6.92 Å². The molecule has 1 aromatic heterocycles. The van der Waals surface area contributed by atoms with Crippen molar-refractivity contribution < 1.29 is 9.90 Å². The Kier molecular flexibility index (Phi) is 3.48. The minimum atomic E-state index is -0.446. The first kappa shape index (κ1) is 13.8. The number of anilines is 1. The maximum absolute atomic E-state index is 12.3. The maximum Gasteiger partial charge on any atom is 0.259 e. The lowest BCUT2D eigenvalue weighted by Gasteiger charge is -2.10. The number of carbonyl (C=O) groups is 1. The smallest absolute Gasteiger partial charge is 0.259 e. The van der Waals surface area contributed by atoms with E-state index < -0.39 is 5.91 Å². The Bertz CT molecular complexity index is 847. The van der Waals surface area contributed by atoms with Crippen LogP contribution < -0.4 is 5.32 Å². The van der Waals surface area contributed by atoms with Crippen molar-refractivity contribution in [3.8, 4) is 5.75 Å². The van der Waals surface area contributed by atoms with Gasteiger partial charge in [0.1, 0.15) is 16.8 Å². The molecule has 0 bridgehead atoms. The molecule has 1 amide bonds. The minimum absolute atomic E-state index is 0.0466. The summed E-state index contributed by atoms with van der Waals surface area (Å²) in [5.74, 6) is -0.492. The van der Waals surface area contributed by atoms with Gasteiger partial charge in [0, 0.05) is 0 Å². The molecule has 21 heavy (non-hydrogen) atoms. The van der Waals surface area contributed by atoms with Crippen LogP contribution in [0.5, 0.6) is 5.75 Å². The quantitative estimate of drug-likeness (QED) is 0.756. The van der Waals surface area contributed by atoms with Gasteiger partial charge < -0.3 is 10.4 Å². The standard InChI is InChI=1S/C14H10ClN3O2S/c1-7-3-2-4-8(13(7)19)14(20)16-11-9(15)5-6-10-12(11)18-21-17-10/h2-6,19H,1H3,(H,16,20). The minimum Gasteiger partial charge on any atom is -0.507 e. The first-order valence-corrected chi connectivity index (χ1v) is 7.19. The average molecular weight is 320 g/mol. The Morgan fingerprint density at radius 2 is 2.10 bits per heavy atom. The molecule has 0 unspecified atom stereocenters. The third-order valence-electron chi connectivity index (χ3n) is 3.10. The van der Waals surface area contributed by atoms with Gasteiger partial charge in [-0.15, -0.1) is 0 Å². The van der Waals surface area contributed by atoms with E-state index in [2.05, 4.69) is 14.1 Å². The molecule has 0 saturated heterocycles. The predicted molar refractivity (Wildman–Crippen MR) is 83.2 cm³/mol. The Labute approximate surface area is 129 Å². The molecule has 2 aromatic carbocycles. The topological polar surface area (TPSA) is 75.1 Å². The number of hydrogen-bond donors (Lipinski definition) is 2. The number of phenolic OH excluding ortho intramolecular Hbond substituents is 1. The van der Waals surface area contributed by atoms with Crippen LogP contribution in [0.3, 0.4) is 0 Å². The van der Waals surface area contributed by atoms with Crippen LogP contribution in [0, 0.1) is 6.92 Å². The number of aryl methyl sites for hydroxylation is 1. The molecule has 0 aliphatic heterocycles. The van der Waals surface area contributed by atoms with Gasteiger partial charge in [-0.05, 0) is 30.7 Å². The van der Waals surface area contributed by atoms with E-state index in [1.165, 1.54) is 0 Å². The highest BCUT2D eigenvalue weighted by Gasteiger charge is 2.17. The molecule has 0 spiro atoms. The Morgan fingerprint density at radius 1 is 1.29 bits per heavy atom. The highest BCUT2D eigenvalue weighted by Crippen LogP contribution is 2.31. The normalized spacial score (nSPS) is 10.8. The van der Waals surface area contributed by atoms with Gasteiger partial charge in [-0.25, -0.2) is 0 Å². The number of amides is 1. The summed E-state index contributed by atoms with van der Waals surface area (Å²) in [4.78, 5) is 12.3. The summed E-state index contributed by atoms with van der Waals surface area (Å²) in [6.07, 6.45) is 0. The SMILES string of the molecule is Cc1cccc(C(=O)Nc2c(Cl)ccc3nsnc23)c1O. The largest absolute Gasteiger partial charge is 0.507 e. The van der Waals surface area contributed by atoms with Gasteiger partial charge in [-0.1, -0.05) is 23.7 Å². The van der Waals surface area contributed by atoms with Gasteiger partial charge in [0.15, 0.2) is 0 Å². The van der Waals surface area contributed by atoms with Crippen LogP contribution in [-0.4, -0.2) is 19.8 Å². The molecular formula is C14H10ClN3O2S. The second kappa shape index (κ2) is 5.31. The van der Waals surface area contributed by atoms with Crippen LogP contribution in [0.2, 0.25) is 5.02 Å². The van der Waals surface area contributed by atoms with Gasteiger partial charge in [0.05, 0.1) is 28.0 Å². The fourth-order valence-electron chi connectivity index (χ4n) is 1.97. The summed E-state index contributed by atoms with van der Waals surface area (Å²) in [5.41, 5.74) is 2.41. The van der Waals surface area contributed by atoms with Gasteiger partial charge in [-0.3, -0.25) is 4.79 Å². The lowest BCUT2D eigenvalue weighted by molar-refractivity contribution is 0.102. The highest BCUT2D eigenvalue weighted by molar-refractivity contribution is 7.00. The molecule has 7 heteroatoms. The number of rotatable bonds is 2. The number of aromatic nitrogens is 2. The molecule has 5 nitrogen and oxygen atoms in total. The molecule has 0 atom stereocenters. The van der Waals surface area contributed by atoms with Crippen molar-refractivity contribution >= 4 is 46.0 Å². The summed E-state index contributed by atoms with van der Waals surface area (Å²) in [6, 6.07) is 8.36. The number of hydrogen-bond acceptors (Lipinski definition) is 5. The summed E-state index contributed by atoms with van der Waals surface area (Å²) >= 11 is 7.17. The number of nitrogens with zero attached hydrogens (tertiary/aromatic N) is 2. The van der Waals surface area contributed by atoms with Crippen LogP contribution in [0.15, 0.2) is 30.3 Å². The van der Waals surface area contributed by atoms with Crippen LogP contribution in [-0.2, 0) is 0 Å². The molecule has 0 radical (unpaired) electrons. The number of fused-ring (bicyclic) bond motifs is 1. The van der Waals surface area contributed by atoms with E-state index in [0.29, 0.717) is 27.3 Å². The van der Waals surface area contributed by atoms with Crippen molar-refractivity contribution in [3.63, 3.8) is 0 Å². The molecule has 0 saturated carbocycles. The third-order valence-corrected chi connectivity index (χ3v) is 3.96. The Hall–Kier alpha value is -2.18. The summed E-state index contributed by atoms with van der Waals surface area (Å²) in [5, 5.41) is 13.0. The van der Waals surface area contributed by atoms with E-state index in [9.17, 15) is 9.90 Å². The second-order valence-electron chi connectivity index (χ2n) is 4.48. The number of phenols is 1. The number of halogens is 1. The fraction of sp³-hybridized carbons (Fsp3) is 0.0714. The van der Waals surface area contributed by atoms with Gasteiger partial charge in [0.25, 0.3) is 5.91 Å². The third kappa shape index (κ3) is 2.43. The molecule has 2 N–H and O–H groups in total. The molecule has 0 fully saturated rings. The highest BCUT2D eigenvalue weighted by atomic mass is 35.5. The van der Waals surface area contributed by atoms with Crippen molar-refractivity contribution in [1.82, 2.24) is 8.75 Å². The molecule has 0 aliphatic rings. The average Bonchev–Trinajstić information content (AvgIpc) is 2.93. The maximum atomic E-state index is 12.3. The molecular weight excluding hydrogens is 310 g/mol. The van der Waals surface area contributed by atoms with Crippen molar-refractivity contribution in [3.05, 3.63) is 46.5 Å². The van der Waals surface area contributed by atoms with Gasteiger partial charge in [-0.2, -0.15) is 8.75 Å². The van der Waals surface area contributed by atoms with Crippen LogP contribution >= 0.6 is 23.3 Å². The zero-order chi connectivity index (χ0) is 15.0. The summed E-state index contributed by atoms with van der Waals surface area (Å²) in [7, 11) is 0. The van der Waals surface area contributed by atoms with Crippen molar-refractivity contribution in [2.24, 2.45) is 0 Å². The number of aromatic hydroxyl groups is 1. The zero-order valence-corrected chi connectivity index (χ0v) is 12.5. The van der Waals surface area contributed by atoms with Crippen LogP contribution in [0.25, 0.3) is 11.0 Å². The summed E-state index contributed by atoms with van der Waals surface area (Å²) < 4.78 is 8.24. The number of carbonyl (C=O) groups excluding carboxylic acids is 1. The van der Waals surface area contributed by atoms with Gasteiger partial charge in [0.2, 0.25) is 0 Å². The number of benzene rings is 2. The number of para-hydroxylation sites is 1. The lowest BCUT2D eigenvalue weighted by Crippen LogP contribution is -2.13. The van der Waals surface area contributed by atoms with E-state index in [-0.39, 0.29) is 11.3 Å². The molecule has 1 heterocycles. The monoisotopic (exact) mass is 319 g/mol. The molecule has 3 aromatic rings. The molecule has 3 rings (SSSR count). The van der Waals surface area contributed by atoms with E-state index in [1.807, 2.05) is 0 Å². The number of nitrogens with one attached hydrogen (secondary N) is 1. The first-order valence-electron chi connectivity index (χ1n) is 6.08. The summed E-state index contributed by atoms with van der Waals surface area (Å²) in [6.45, 7) is 1.73. The molecule has 0 aliphatic carbocycles. The van der Waals surface area contributed by atoms with Crippen molar-refractivity contribution in [2.75, 3.05) is 5.32 Å². The fourth-order valence-corrected chi connectivity index (χ4v) is 2.71. The van der Waals surface area contributed by atoms with Crippen molar-refractivity contribution in [1.29, 1.82) is 0 Å². The molecule has 106 valence electrons. The van der Waals surface area contributed by atoms with E-state index in [0.717, 1.165) is 11.7 Å². The first-order chi connectivity index (χ1) is 10.1. The predicted octanol–water partition coefficient (Wildman–Crippen LogP) is 3.61. The second-order valence-corrected chi connectivity index (χ2v) is 5.42. The van der Waals surface area contributed by atoms with E-state index >= 15 is 0 Å². The Morgan fingerprint density at radius 3 is 2.90 bits per heavy atom. The van der Waals surface area contributed by atoms with Crippen LogP contribution in [0.1, 0.15) is 15.9 Å².